The zero-order chi connectivity index (χ0) is 12.3. The molecule has 2 rings (SSSR count). The summed E-state index contributed by atoms with van der Waals surface area (Å²) in [5.74, 6) is 0.382. The molecule has 1 aromatic rings. The van der Waals surface area contributed by atoms with Gasteiger partial charge in [0.2, 0.25) is 0 Å². The maximum atomic E-state index is 13.7. The summed E-state index contributed by atoms with van der Waals surface area (Å²) in [5, 5.41) is 3.95. The predicted octanol–water partition coefficient (Wildman–Crippen LogP) is 2.91. The van der Waals surface area contributed by atoms with E-state index in [1.165, 1.54) is 18.9 Å². The summed E-state index contributed by atoms with van der Waals surface area (Å²) in [5.41, 5.74) is 0.586. The molecule has 0 saturated carbocycles. The molecule has 2 nitrogen and oxygen atoms in total. The number of nitrogens with zero attached hydrogens (tertiary/aromatic N) is 1. The van der Waals surface area contributed by atoms with Crippen molar-refractivity contribution in [2.75, 3.05) is 31.6 Å². The van der Waals surface area contributed by atoms with Gasteiger partial charge in [0, 0.05) is 18.6 Å². The Morgan fingerprint density at radius 2 is 2.35 bits per heavy atom. The van der Waals surface area contributed by atoms with Gasteiger partial charge < -0.3 is 10.2 Å². The second kappa shape index (κ2) is 5.69. The fourth-order valence-electron chi connectivity index (χ4n) is 2.34. The third-order valence-corrected chi connectivity index (χ3v) is 3.49. The summed E-state index contributed by atoms with van der Waals surface area (Å²) < 4.78 is 13.7. The van der Waals surface area contributed by atoms with Crippen molar-refractivity contribution in [3.8, 4) is 0 Å². The first kappa shape index (κ1) is 12.7. The van der Waals surface area contributed by atoms with Crippen LogP contribution >= 0.6 is 11.6 Å². The van der Waals surface area contributed by atoms with E-state index in [0.29, 0.717) is 16.6 Å². The predicted molar refractivity (Wildman–Crippen MR) is 70.3 cm³/mol. The molecule has 0 aliphatic carbocycles. The molecule has 1 atom stereocenters. The van der Waals surface area contributed by atoms with Crippen LogP contribution in [0, 0.1) is 11.7 Å². The van der Waals surface area contributed by atoms with Gasteiger partial charge >= 0.3 is 0 Å². The van der Waals surface area contributed by atoms with Gasteiger partial charge in [-0.25, -0.2) is 4.39 Å². The van der Waals surface area contributed by atoms with Crippen molar-refractivity contribution in [1.82, 2.24) is 5.32 Å². The number of hydrogen-bond donors (Lipinski definition) is 1. The largest absolute Gasteiger partial charge is 0.372 e. The van der Waals surface area contributed by atoms with Crippen LogP contribution in [0.1, 0.15) is 12.8 Å². The van der Waals surface area contributed by atoms with E-state index in [1.54, 1.807) is 12.1 Å². The highest BCUT2D eigenvalue weighted by Gasteiger charge is 2.17. The number of piperidine rings is 1. The van der Waals surface area contributed by atoms with Crippen molar-refractivity contribution in [3.63, 3.8) is 0 Å². The average molecular weight is 257 g/mol. The number of anilines is 1. The third kappa shape index (κ3) is 3.33. The van der Waals surface area contributed by atoms with E-state index >= 15 is 0 Å². The van der Waals surface area contributed by atoms with Gasteiger partial charge in [0.15, 0.2) is 0 Å². The van der Waals surface area contributed by atoms with Crippen LogP contribution in [0.15, 0.2) is 18.2 Å². The molecule has 1 unspecified atom stereocenters. The fourth-order valence-corrected chi connectivity index (χ4v) is 2.51. The zero-order valence-electron chi connectivity index (χ0n) is 10.0. The van der Waals surface area contributed by atoms with Crippen molar-refractivity contribution in [1.29, 1.82) is 0 Å². The lowest BCUT2D eigenvalue weighted by Gasteiger charge is -2.29. The van der Waals surface area contributed by atoms with Gasteiger partial charge in [0.1, 0.15) is 5.82 Å². The van der Waals surface area contributed by atoms with Gasteiger partial charge in [0.25, 0.3) is 0 Å². The Morgan fingerprint density at radius 3 is 3.06 bits per heavy atom. The van der Waals surface area contributed by atoms with Gasteiger partial charge in [-0.1, -0.05) is 11.6 Å². The summed E-state index contributed by atoms with van der Waals surface area (Å²) in [6.45, 7) is 2.99. The molecule has 0 bridgehead atoms. The van der Waals surface area contributed by atoms with Gasteiger partial charge in [-0.2, -0.15) is 0 Å². The molecular formula is C13H18ClFN2. The van der Waals surface area contributed by atoms with Crippen LogP contribution in [0.5, 0.6) is 0 Å². The van der Waals surface area contributed by atoms with Crippen LogP contribution in [0.2, 0.25) is 5.02 Å². The molecule has 0 amide bonds. The molecule has 1 heterocycles. The van der Waals surface area contributed by atoms with Crippen LogP contribution in [0.25, 0.3) is 0 Å². The highest BCUT2D eigenvalue weighted by Crippen LogP contribution is 2.24. The monoisotopic (exact) mass is 256 g/mol. The van der Waals surface area contributed by atoms with Gasteiger partial charge in [-0.15, -0.1) is 0 Å². The van der Waals surface area contributed by atoms with Crippen LogP contribution in [-0.4, -0.2) is 26.7 Å². The summed E-state index contributed by atoms with van der Waals surface area (Å²) in [6, 6.07) is 4.69. The molecule has 94 valence electrons. The standard InChI is InChI=1S/C13H18ClFN2/c1-17(9-10-3-2-6-16-8-10)13-7-11(14)4-5-12(13)15/h4-5,7,10,16H,2-3,6,8-9H2,1H3. The Hall–Kier alpha value is -0.800. The SMILES string of the molecule is CN(CC1CCCNC1)c1cc(Cl)ccc1F. The van der Waals surface area contributed by atoms with Crippen LogP contribution in [-0.2, 0) is 0 Å². The number of halogens is 2. The Morgan fingerprint density at radius 1 is 1.53 bits per heavy atom. The maximum absolute atomic E-state index is 13.7. The van der Waals surface area contributed by atoms with E-state index < -0.39 is 0 Å². The molecule has 0 spiro atoms. The minimum atomic E-state index is -0.208. The van der Waals surface area contributed by atoms with E-state index in [2.05, 4.69) is 5.32 Å². The van der Waals surface area contributed by atoms with Crippen molar-refractivity contribution >= 4 is 17.3 Å². The molecular weight excluding hydrogens is 239 g/mol. The van der Waals surface area contributed by atoms with Crippen molar-refractivity contribution < 1.29 is 4.39 Å². The molecule has 17 heavy (non-hydrogen) atoms. The van der Waals surface area contributed by atoms with E-state index in [0.717, 1.165) is 19.6 Å². The van der Waals surface area contributed by atoms with Crippen LogP contribution in [0.3, 0.4) is 0 Å². The quantitative estimate of drug-likeness (QED) is 0.895. The summed E-state index contributed by atoms with van der Waals surface area (Å²) >= 11 is 5.90. The molecule has 1 saturated heterocycles. The zero-order valence-corrected chi connectivity index (χ0v) is 10.8. The minimum absolute atomic E-state index is 0.208. The molecule has 0 radical (unpaired) electrons. The lowest BCUT2D eigenvalue weighted by atomic mass is 9.99. The lowest BCUT2D eigenvalue weighted by Crippen LogP contribution is -2.37. The van der Waals surface area contributed by atoms with Crippen molar-refractivity contribution in [3.05, 3.63) is 29.0 Å². The van der Waals surface area contributed by atoms with Crippen molar-refractivity contribution in [2.24, 2.45) is 5.92 Å². The van der Waals surface area contributed by atoms with Crippen LogP contribution < -0.4 is 10.2 Å². The summed E-state index contributed by atoms with van der Waals surface area (Å²) in [4.78, 5) is 1.96. The molecule has 1 N–H and O–H groups in total. The Kier molecular flexibility index (Phi) is 4.24. The number of hydrogen-bond acceptors (Lipinski definition) is 2. The Labute approximate surface area is 107 Å². The Bertz CT molecular complexity index is 378. The highest BCUT2D eigenvalue weighted by atomic mass is 35.5. The van der Waals surface area contributed by atoms with Gasteiger partial charge in [-0.05, 0) is 50.0 Å². The average Bonchev–Trinajstić information content (AvgIpc) is 2.33. The van der Waals surface area contributed by atoms with Gasteiger partial charge in [-0.3, -0.25) is 0 Å². The topological polar surface area (TPSA) is 15.3 Å². The first-order valence-electron chi connectivity index (χ1n) is 6.03. The van der Waals surface area contributed by atoms with Crippen LogP contribution in [0.4, 0.5) is 10.1 Å². The lowest BCUT2D eigenvalue weighted by molar-refractivity contribution is 0.380. The summed E-state index contributed by atoms with van der Waals surface area (Å²) in [7, 11) is 1.92. The van der Waals surface area contributed by atoms with Gasteiger partial charge in [0.05, 0.1) is 5.69 Å². The third-order valence-electron chi connectivity index (χ3n) is 3.25. The van der Waals surface area contributed by atoms with E-state index in [9.17, 15) is 4.39 Å². The molecule has 1 aromatic carbocycles. The maximum Gasteiger partial charge on any atom is 0.146 e. The minimum Gasteiger partial charge on any atom is -0.372 e. The molecule has 1 fully saturated rings. The second-order valence-corrected chi connectivity index (χ2v) is 5.13. The first-order valence-corrected chi connectivity index (χ1v) is 6.41. The second-order valence-electron chi connectivity index (χ2n) is 4.69. The summed E-state index contributed by atoms with van der Waals surface area (Å²) in [6.07, 6.45) is 2.41. The molecule has 0 aromatic heterocycles. The first-order chi connectivity index (χ1) is 8.16. The van der Waals surface area contributed by atoms with Crippen molar-refractivity contribution in [2.45, 2.75) is 12.8 Å². The number of nitrogens with one attached hydrogen (secondary N) is 1. The van der Waals surface area contributed by atoms with E-state index in [-0.39, 0.29) is 5.82 Å². The smallest absolute Gasteiger partial charge is 0.146 e. The van der Waals surface area contributed by atoms with E-state index in [1.807, 2.05) is 11.9 Å². The molecule has 1 aliphatic rings. The molecule has 4 heteroatoms. The highest BCUT2D eigenvalue weighted by molar-refractivity contribution is 6.30. The molecule has 1 aliphatic heterocycles. The number of rotatable bonds is 3. The number of benzene rings is 1. The normalized spacial score (nSPS) is 20.3. The fraction of sp³-hybridized carbons (Fsp3) is 0.538. The Balaban J connectivity index is 2.02. The van der Waals surface area contributed by atoms with E-state index in [4.69, 9.17) is 11.6 Å².